The average molecular weight is 268 g/mol. The van der Waals surface area contributed by atoms with E-state index in [1.165, 1.54) is 12.3 Å². The third kappa shape index (κ3) is 2.40. The van der Waals surface area contributed by atoms with E-state index in [0.717, 1.165) is 10.6 Å². The Hall–Kier alpha value is -2.06. The average Bonchev–Trinajstić information content (AvgIpc) is 2.68. The number of azide groups is 1. The van der Waals surface area contributed by atoms with Gasteiger partial charge in [-0.1, -0.05) is 5.11 Å². The molecule has 19 heavy (non-hydrogen) atoms. The highest BCUT2D eigenvalue weighted by molar-refractivity contribution is 5.16. The molecule has 0 bridgehead atoms. The van der Waals surface area contributed by atoms with Crippen LogP contribution in [-0.4, -0.2) is 44.7 Å². The molecule has 0 amide bonds. The van der Waals surface area contributed by atoms with Crippen LogP contribution in [0.5, 0.6) is 5.75 Å². The van der Waals surface area contributed by atoms with Gasteiger partial charge in [-0.25, -0.2) is 0 Å². The molecule has 2 heterocycles. The molecule has 9 heteroatoms. The lowest BCUT2D eigenvalue weighted by Crippen LogP contribution is -2.33. The molecule has 1 unspecified atom stereocenters. The highest BCUT2D eigenvalue weighted by atomic mass is 16.5. The molecule has 4 atom stereocenters. The summed E-state index contributed by atoms with van der Waals surface area (Å²) in [6.07, 6.45) is -1.99. The van der Waals surface area contributed by atoms with Crippen molar-refractivity contribution in [3.8, 4) is 5.75 Å². The number of aliphatic hydroxyl groups is 2. The minimum atomic E-state index is -1.27. The van der Waals surface area contributed by atoms with Gasteiger partial charge in [-0.2, -0.15) is 0 Å². The minimum absolute atomic E-state index is 0.209. The Kier molecular flexibility index (Phi) is 3.72. The lowest BCUT2D eigenvalue weighted by Gasteiger charge is -2.17. The van der Waals surface area contributed by atoms with Gasteiger partial charge >= 0.3 is 0 Å². The Labute approximate surface area is 106 Å². The van der Waals surface area contributed by atoms with Gasteiger partial charge < -0.3 is 20.1 Å². The maximum absolute atomic E-state index is 11.7. The second kappa shape index (κ2) is 5.29. The van der Waals surface area contributed by atoms with E-state index in [4.69, 9.17) is 20.5 Å². The first-order chi connectivity index (χ1) is 9.08. The normalized spacial score (nSPS) is 30.0. The highest BCUT2D eigenvalue weighted by Crippen LogP contribution is 2.30. The van der Waals surface area contributed by atoms with Crippen LogP contribution in [0.25, 0.3) is 10.4 Å². The van der Waals surface area contributed by atoms with Crippen LogP contribution in [0.1, 0.15) is 6.23 Å². The van der Waals surface area contributed by atoms with Crippen LogP contribution in [0, 0.1) is 0 Å². The molecule has 9 nitrogen and oxygen atoms in total. The summed E-state index contributed by atoms with van der Waals surface area (Å²) < 4.78 is 6.37. The molecule has 0 aromatic carbocycles. The standard InChI is InChI=1S/C10H12N4O5/c11-13-12-8-6(4-15)19-10(9(8)18)14-2-1-5(16)3-7(14)17/h1-3,6,8-10,15-16,18H,4H2/t6-,8?,9+,10-/m1/s1. The van der Waals surface area contributed by atoms with Gasteiger partial charge in [0.25, 0.3) is 5.56 Å². The Balaban J connectivity index is 2.36. The zero-order valence-corrected chi connectivity index (χ0v) is 9.70. The fourth-order valence-corrected chi connectivity index (χ4v) is 2.00. The van der Waals surface area contributed by atoms with Crippen LogP contribution in [0.3, 0.4) is 0 Å². The molecule has 3 N–H and O–H groups in total. The van der Waals surface area contributed by atoms with E-state index >= 15 is 0 Å². The summed E-state index contributed by atoms with van der Waals surface area (Å²) in [7, 11) is 0. The summed E-state index contributed by atoms with van der Waals surface area (Å²) in [5.74, 6) is -0.209. The molecule has 1 aromatic rings. The lowest BCUT2D eigenvalue weighted by molar-refractivity contribution is -0.0525. The summed E-state index contributed by atoms with van der Waals surface area (Å²) in [4.78, 5) is 14.3. The molecule has 0 aliphatic carbocycles. The molecule has 1 aromatic heterocycles. The van der Waals surface area contributed by atoms with Crippen molar-refractivity contribution in [2.75, 3.05) is 6.61 Å². The van der Waals surface area contributed by atoms with Crippen LogP contribution in [0.4, 0.5) is 0 Å². The summed E-state index contributed by atoms with van der Waals surface area (Å²) >= 11 is 0. The van der Waals surface area contributed by atoms with Crippen molar-refractivity contribution in [3.63, 3.8) is 0 Å². The first-order valence-corrected chi connectivity index (χ1v) is 5.48. The molecule has 0 spiro atoms. The van der Waals surface area contributed by atoms with Crippen LogP contribution in [-0.2, 0) is 4.74 Å². The third-order valence-electron chi connectivity index (χ3n) is 2.91. The van der Waals surface area contributed by atoms with E-state index < -0.39 is 36.6 Å². The van der Waals surface area contributed by atoms with Crippen molar-refractivity contribution in [2.45, 2.75) is 24.5 Å². The minimum Gasteiger partial charge on any atom is -0.508 e. The number of rotatable bonds is 3. The molecule has 1 fully saturated rings. The van der Waals surface area contributed by atoms with E-state index in [1.807, 2.05) is 0 Å². The number of aromatic nitrogens is 1. The second-order valence-electron chi connectivity index (χ2n) is 4.06. The van der Waals surface area contributed by atoms with Gasteiger partial charge in [0.05, 0.1) is 18.8 Å². The van der Waals surface area contributed by atoms with Crippen molar-refractivity contribution in [3.05, 3.63) is 39.1 Å². The second-order valence-corrected chi connectivity index (χ2v) is 4.06. The molecule has 0 saturated carbocycles. The van der Waals surface area contributed by atoms with Gasteiger partial charge in [-0.05, 0) is 11.6 Å². The number of ether oxygens (including phenoxy) is 1. The summed E-state index contributed by atoms with van der Waals surface area (Å²) in [6.45, 7) is -0.454. The van der Waals surface area contributed by atoms with Crippen molar-refractivity contribution in [1.29, 1.82) is 0 Å². The zero-order chi connectivity index (χ0) is 14.0. The topological polar surface area (TPSA) is 141 Å². The van der Waals surface area contributed by atoms with E-state index in [2.05, 4.69) is 10.0 Å². The third-order valence-corrected chi connectivity index (χ3v) is 2.91. The number of nitrogens with zero attached hydrogens (tertiary/aromatic N) is 4. The van der Waals surface area contributed by atoms with Gasteiger partial charge in [0.15, 0.2) is 6.23 Å². The molecule has 102 valence electrons. The van der Waals surface area contributed by atoms with E-state index in [9.17, 15) is 9.90 Å². The fraction of sp³-hybridized carbons (Fsp3) is 0.500. The number of aliphatic hydroxyl groups excluding tert-OH is 2. The first kappa shape index (κ1) is 13.4. The molecule has 1 saturated heterocycles. The van der Waals surface area contributed by atoms with Crippen molar-refractivity contribution in [1.82, 2.24) is 4.57 Å². The SMILES string of the molecule is [N-]=[N+]=NC1[C@@H](CO)O[C@@H](n2ccc(O)cc2=O)[C@H]1O. The Morgan fingerprint density at radius 1 is 1.58 bits per heavy atom. The monoisotopic (exact) mass is 268 g/mol. The van der Waals surface area contributed by atoms with Gasteiger partial charge in [-0.15, -0.1) is 0 Å². The molecular weight excluding hydrogens is 256 g/mol. The Morgan fingerprint density at radius 2 is 2.32 bits per heavy atom. The molecule has 1 aliphatic rings. The smallest absolute Gasteiger partial charge is 0.256 e. The molecule has 2 rings (SSSR count). The highest BCUT2D eigenvalue weighted by Gasteiger charge is 2.44. The van der Waals surface area contributed by atoms with E-state index in [0.29, 0.717) is 0 Å². The quantitative estimate of drug-likeness (QED) is 0.384. The van der Waals surface area contributed by atoms with Crippen LogP contribution in [0.15, 0.2) is 28.2 Å². The predicted octanol–water partition coefficient (Wildman–Crippen LogP) is -0.517. The number of aromatic hydroxyl groups is 1. The van der Waals surface area contributed by atoms with Gasteiger partial charge in [0.2, 0.25) is 0 Å². The first-order valence-electron chi connectivity index (χ1n) is 5.48. The zero-order valence-electron chi connectivity index (χ0n) is 9.70. The van der Waals surface area contributed by atoms with Crippen molar-refractivity contribution < 1.29 is 20.1 Å². The largest absolute Gasteiger partial charge is 0.508 e. The Bertz CT molecular complexity index is 567. The van der Waals surface area contributed by atoms with Crippen LogP contribution < -0.4 is 5.56 Å². The van der Waals surface area contributed by atoms with E-state index in [-0.39, 0.29) is 5.75 Å². The molecular formula is C10H12N4O5. The number of hydrogen-bond acceptors (Lipinski definition) is 6. The lowest BCUT2D eigenvalue weighted by atomic mass is 10.1. The summed E-state index contributed by atoms with van der Waals surface area (Å²) in [6, 6.07) is 1.23. The molecule has 0 radical (unpaired) electrons. The van der Waals surface area contributed by atoms with Gasteiger partial charge in [0, 0.05) is 17.2 Å². The van der Waals surface area contributed by atoms with Gasteiger partial charge in [-0.3, -0.25) is 9.36 Å². The predicted molar refractivity (Wildman–Crippen MR) is 62.3 cm³/mol. The van der Waals surface area contributed by atoms with Crippen LogP contribution in [0.2, 0.25) is 0 Å². The van der Waals surface area contributed by atoms with E-state index in [1.54, 1.807) is 0 Å². The van der Waals surface area contributed by atoms with Crippen LogP contribution >= 0.6 is 0 Å². The summed E-state index contributed by atoms with van der Waals surface area (Å²) in [5.41, 5.74) is 7.83. The Morgan fingerprint density at radius 3 is 2.89 bits per heavy atom. The van der Waals surface area contributed by atoms with Gasteiger partial charge in [0.1, 0.15) is 11.9 Å². The summed E-state index contributed by atoms with van der Waals surface area (Å²) in [5, 5.41) is 31.6. The van der Waals surface area contributed by atoms with Crippen molar-refractivity contribution in [2.24, 2.45) is 5.11 Å². The number of pyridine rings is 1. The maximum atomic E-state index is 11.7. The van der Waals surface area contributed by atoms with Crippen molar-refractivity contribution >= 4 is 0 Å². The fourth-order valence-electron chi connectivity index (χ4n) is 2.00. The number of hydrogen-bond donors (Lipinski definition) is 3. The maximum Gasteiger partial charge on any atom is 0.256 e. The molecule has 1 aliphatic heterocycles.